The van der Waals surface area contributed by atoms with Crippen LogP contribution in [0.15, 0.2) is 56.8 Å². The Bertz CT molecular complexity index is 1180. The van der Waals surface area contributed by atoms with Gasteiger partial charge < -0.3 is 9.30 Å². The summed E-state index contributed by atoms with van der Waals surface area (Å²) >= 11 is 4.56. The molecule has 7 nitrogen and oxygen atoms in total. The molecule has 2 N–H and O–H groups in total. The number of carbonyl (C=O) groups excluding carboxylic acids is 1. The predicted octanol–water partition coefficient (Wildman–Crippen LogP) is 2.50. The van der Waals surface area contributed by atoms with Crippen molar-refractivity contribution in [3.63, 3.8) is 0 Å². The lowest BCUT2D eigenvalue weighted by Gasteiger charge is -2.05. The van der Waals surface area contributed by atoms with E-state index in [4.69, 9.17) is 9.88 Å². The number of amides is 1. The molecule has 1 aromatic heterocycles. The molecule has 0 aliphatic rings. The number of fused-ring (bicyclic) bond motifs is 1. The zero-order valence-electron chi connectivity index (χ0n) is 14.3. The van der Waals surface area contributed by atoms with Crippen molar-refractivity contribution in [2.75, 3.05) is 13.7 Å². The van der Waals surface area contributed by atoms with Crippen molar-refractivity contribution in [1.29, 1.82) is 0 Å². The van der Waals surface area contributed by atoms with Gasteiger partial charge in [0, 0.05) is 23.7 Å². The fourth-order valence-corrected chi connectivity index (χ4v) is 4.59. The van der Waals surface area contributed by atoms with Gasteiger partial charge in [-0.15, -0.1) is 0 Å². The van der Waals surface area contributed by atoms with Crippen LogP contribution in [0.25, 0.3) is 10.2 Å². The van der Waals surface area contributed by atoms with Crippen LogP contribution < -0.4 is 9.94 Å². The van der Waals surface area contributed by atoms with E-state index in [1.54, 1.807) is 31.4 Å². The summed E-state index contributed by atoms with van der Waals surface area (Å²) in [6.07, 6.45) is 0. The SMILES string of the molecule is COCCn1c(=NC(=O)c2cccc(Br)c2)sc2cc(S(N)(=O)=O)ccc21. The molecule has 142 valence electrons. The normalized spacial score (nSPS) is 12.6. The topological polar surface area (TPSA) is 104 Å². The number of aromatic nitrogens is 1. The quantitative estimate of drug-likeness (QED) is 0.619. The molecule has 2 aromatic carbocycles. The van der Waals surface area contributed by atoms with Crippen LogP contribution in [-0.4, -0.2) is 32.6 Å². The average Bonchev–Trinajstić information content (AvgIpc) is 2.95. The Morgan fingerprint density at radius 2 is 2.07 bits per heavy atom. The monoisotopic (exact) mass is 469 g/mol. The molecule has 10 heteroatoms. The second-order valence-corrected chi connectivity index (χ2v) is 9.12. The second kappa shape index (κ2) is 8.03. The molecule has 0 fully saturated rings. The largest absolute Gasteiger partial charge is 0.383 e. The smallest absolute Gasteiger partial charge is 0.279 e. The van der Waals surface area contributed by atoms with Crippen LogP contribution in [0, 0.1) is 0 Å². The fraction of sp³-hybridized carbons (Fsp3) is 0.176. The van der Waals surface area contributed by atoms with Crippen molar-refractivity contribution >= 4 is 53.4 Å². The first-order chi connectivity index (χ1) is 12.8. The number of hydrogen-bond acceptors (Lipinski definition) is 5. The highest BCUT2D eigenvalue weighted by atomic mass is 79.9. The molecule has 0 saturated heterocycles. The third kappa shape index (κ3) is 4.53. The van der Waals surface area contributed by atoms with Gasteiger partial charge in [-0.05, 0) is 36.4 Å². The van der Waals surface area contributed by atoms with Crippen LogP contribution in [-0.2, 0) is 21.3 Å². The molecule has 0 spiro atoms. The van der Waals surface area contributed by atoms with Crippen molar-refractivity contribution in [1.82, 2.24) is 4.57 Å². The number of primary sulfonamides is 1. The number of benzene rings is 2. The molecular formula is C17H16BrN3O4S2. The molecule has 0 unspecified atom stereocenters. The molecular weight excluding hydrogens is 454 g/mol. The van der Waals surface area contributed by atoms with E-state index in [0.717, 1.165) is 9.99 Å². The standard InChI is InChI=1S/C17H16BrN3O4S2/c1-25-8-7-21-14-6-5-13(27(19,23)24)10-15(14)26-17(21)20-16(22)11-3-2-4-12(18)9-11/h2-6,9-10H,7-8H2,1H3,(H2,19,23,24). The summed E-state index contributed by atoms with van der Waals surface area (Å²) in [6.45, 7) is 0.886. The Kier molecular flexibility index (Phi) is 5.92. The van der Waals surface area contributed by atoms with Gasteiger partial charge in [0.1, 0.15) is 0 Å². The first-order valence-electron chi connectivity index (χ1n) is 7.79. The van der Waals surface area contributed by atoms with Gasteiger partial charge >= 0.3 is 0 Å². The maximum absolute atomic E-state index is 12.6. The lowest BCUT2D eigenvalue weighted by atomic mass is 10.2. The first-order valence-corrected chi connectivity index (χ1v) is 10.9. The summed E-state index contributed by atoms with van der Waals surface area (Å²) in [7, 11) is -2.23. The van der Waals surface area contributed by atoms with Crippen molar-refractivity contribution in [2.45, 2.75) is 11.4 Å². The van der Waals surface area contributed by atoms with Gasteiger partial charge in [-0.3, -0.25) is 4.79 Å². The van der Waals surface area contributed by atoms with E-state index in [9.17, 15) is 13.2 Å². The molecule has 0 radical (unpaired) electrons. The molecule has 3 rings (SSSR count). The number of hydrogen-bond donors (Lipinski definition) is 1. The third-order valence-corrected chi connectivity index (χ3v) is 6.22. The van der Waals surface area contributed by atoms with Gasteiger partial charge in [-0.25, -0.2) is 13.6 Å². The van der Waals surface area contributed by atoms with Crippen molar-refractivity contribution in [2.24, 2.45) is 10.1 Å². The second-order valence-electron chi connectivity index (χ2n) is 5.63. The summed E-state index contributed by atoms with van der Waals surface area (Å²) in [6, 6.07) is 11.5. The minimum absolute atomic E-state index is 0.0139. The van der Waals surface area contributed by atoms with Crippen LogP contribution in [0.5, 0.6) is 0 Å². The molecule has 0 aliphatic carbocycles. The Hall–Kier alpha value is -1.85. The maximum atomic E-state index is 12.6. The van der Waals surface area contributed by atoms with Gasteiger partial charge in [0.05, 0.1) is 21.7 Å². The summed E-state index contributed by atoms with van der Waals surface area (Å²) in [5.74, 6) is -0.388. The Labute approximate surface area is 168 Å². The van der Waals surface area contributed by atoms with E-state index in [1.165, 1.54) is 23.5 Å². The highest BCUT2D eigenvalue weighted by Crippen LogP contribution is 2.21. The van der Waals surface area contributed by atoms with Crippen molar-refractivity contribution in [3.05, 3.63) is 57.3 Å². The molecule has 0 bridgehead atoms. The lowest BCUT2D eigenvalue weighted by molar-refractivity contribution is 0.0997. The number of methoxy groups -OCH3 is 1. The van der Waals surface area contributed by atoms with Gasteiger partial charge in [0.2, 0.25) is 10.0 Å². The number of nitrogens with two attached hydrogens (primary N) is 1. The van der Waals surface area contributed by atoms with E-state index in [0.29, 0.717) is 28.2 Å². The van der Waals surface area contributed by atoms with Gasteiger partial charge in [-0.2, -0.15) is 4.99 Å². The van der Waals surface area contributed by atoms with E-state index >= 15 is 0 Å². The molecule has 1 amide bonds. The maximum Gasteiger partial charge on any atom is 0.279 e. The van der Waals surface area contributed by atoms with E-state index < -0.39 is 10.0 Å². The number of thiazole rings is 1. The van der Waals surface area contributed by atoms with Gasteiger partial charge in [0.15, 0.2) is 4.80 Å². The van der Waals surface area contributed by atoms with Crippen molar-refractivity contribution < 1.29 is 17.9 Å². The Morgan fingerprint density at radius 1 is 1.30 bits per heavy atom. The van der Waals surface area contributed by atoms with Crippen LogP contribution >= 0.6 is 27.3 Å². The number of rotatable bonds is 5. The van der Waals surface area contributed by atoms with Crippen LogP contribution in [0.3, 0.4) is 0 Å². The zero-order valence-corrected chi connectivity index (χ0v) is 17.5. The van der Waals surface area contributed by atoms with E-state index in [2.05, 4.69) is 20.9 Å². The highest BCUT2D eigenvalue weighted by Gasteiger charge is 2.13. The van der Waals surface area contributed by atoms with Gasteiger partial charge in [0.25, 0.3) is 5.91 Å². The number of carbonyl (C=O) groups is 1. The molecule has 27 heavy (non-hydrogen) atoms. The fourth-order valence-electron chi connectivity index (χ4n) is 2.49. The van der Waals surface area contributed by atoms with E-state index in [1.807, 2.05) is 10.6 Å². The molecule has 1 heterocycles. The summed E-state index contributed by atoms with van der Waals surface area (Å²) in [4.78, 5) is 17.3. The minimum atomic E-state index is -3.82. The highest BCUT2D eigenvalue weighted by molar-refractivity contribution is 9.10. The minimum Gasteiger partial charge on any atom is -0.383 e. The molecule has 0 aliphatic heterocycles. The number of halogens is 1. The van der Waals surface area contributed by atoms with Crippen LogP contribution in [0.2, 0.25) is 0 Å². The lowest BCUT2D eigenvalue weighted by Crippen LogP contribution is -2.19. The Morgan fingerprint density at radius 3 is 2.74 bits per heavy atom. The summed E-state index contributed by atoms with van der Waals surface area (Å²) in [5.41, 5.74) is 1.20. The third-order valence-electron chi connectivity index (χ3n) is 3.77. The predicted molar refractivity (Wildman–Crippen MR) is 107 cm³/mol. The number of sulfonamides is 1. The first kappa shape index (κ1) is 19.9. The average molecular weight is 470 g/mol. The van der Waals surface area contributed by atoms with Gasteiger partial charge in [-0.1, -0.05) is 33.3 Å². The van der Waals surface area contributed by atoms with Crippen molar-refractivity contribution in [3.8, 4) is 0 Å². The molecule has 0 atom stereocenters. The summed E-state index contributed by atoms with van der Waals surface area (Å²) < 4.78 is 31.6. The summed E-state index contributed by atoms with van der Waals surface area (Å²) in [5, 5.41) is 5.21. The number of nitrogens with zero attached hydrogens (tertiary/aromatic N) is 2. The number of ether oxygens (including phenoxy) is 1. The zero-order chi connectivity index (χ0) is 19.6. The molecule has 3 aromatic rings. The molecule has 0 saturated carbocycles. The van der Waals surface area contributed by atoms with E-state index in [-0.39, 0.29) is 10.8 Å². The van der Waals surface area contributed by atoms with Crippen LogP contribution in [0.1, 0.15) is 10.4 Å². The van der Waals surface area contributed by atoms with Crippen LogP contribution in [0.4, 0.5) is 0 Å². The Balaban J connectivity index is 2.16.